The summed E-state index contributed by atoms with van der Waals surface area (Å²) in [5.74, 6) is 0.689. The summed E-state index contributed by atoms with van der Waals surface area (Å²) < 4.78 is 1.62. The molecule has 7 heteroatoms. The summed E-state index contributed by atoms with van der Waals surface area (Å²) in [5.41, 5.74) is 1.31. The number of carbonyl (C=O) groups excluding carboxylic acids is 1. The first kappa shape index (κ1) is 11.3. The minimum atomic E-state index is -0.242. The highest BCUT2D eigenvalue weighted by Gasteiger charge is 2.15. The van der Waals surface area contributed by atoms with Crippen molar-refractivity contribution in [1.82, 2.24) is 25.0 Å². The van der Waals surface area contributed by atoms with Crippen LogP contribution in [0.1, 0.15) is 28.8 Å². The van der Waals surface area contributed by atoms with Crippen molar-refractivity contribution in [1.29, 1.82) is 0 Å². The highest BCUT2D eigenvalue weighted by atomic mass is 16.1. The summed E-state index contributed by atoms with van der Waals surface area (Å²) >= 11 is 0. The number of aromatic nitrogens is 5. The van der Waals surface area contributed by atoms with E-state index in [-0.39, 0.29) is 11.9 Å². The minimum Gasteiger partial charge on any atom is -0.289 e. The lowest BCUT2D eigenvalue weighted by Crippen LogP contribution is -2.14. The lowest BCUT2D eigenvalue weighted by atomic mass is 10.2. The lowest BCUT2D eigenvalue weighted by molar-refractivity contribution is 0.102. The molecular weight excluding hydrogens is 220 g/mol. The topological polar surface area (TPSA) is 88.5 Å². The number of H-pyrrole nitrogens is 1. The van der Waals surface area contributed by atoms with Crippen molar-refractivity contribution in [3.63, 3.8) is 0 Å². The van der Waals surface area contributed by atoms with Crippen LogP contribution in [0.25, 0.3) is 0 Å². The highest BCUT2D eigenvalue weighted by molar-refractivity contribution is 6.03. The maximum Gasteiger partial charge on any atom is 0.261 e. The standard InChI is InChI=1S/C10H14N6O/c1-4-8-7(5-16(3)15-8)9(17)12-10-11-6(2)13-14-10/h5H,4H2,1-3H3,(H2,11,12,13,14,17). The second-order valence-electron chi connectivity index (χ2n) is 3.72. The van der Waals surface area contributed by atoms with Gasteiger partial charge in [-0.25, -0.2) is 0 Å². The van der Waals surface area contributed by atoms with E-state index in [0.29, 0.717) is 17.8 Å². The van der Waals surface area contributed by atoms with Crippen LogP contribution < -0.4 is 5.32 Å². The Morgan fingerprint density at radius 2 is 2.35 bits per heavy atom. The van der Waals surface area contributed by atoms with Crippen LogP contribution in [0.5, 0.6) is 0 Å². The average Bonchev–Trinajstić information content (AvgIpc) is 2.84. The van der Waals surface area contributed by atoms with E-state index >= 15 is 0 Å². The van der Waals surface area contributed by atoms with Crippen LogP contribution in [-0.2, 0) is 13.5 Å². The maximum atomic E-state index is 12.0. The third-order valence-electron chi connectivity index (χ3n) is 2.31. The number of nitrogens with zero attached hydrogens (tertiary/aromatic N) is 4. The molecule has 0 unspecified atom stereocenters. The number of nitrogens with one attached hydrogen (secondary N) is 2. The zero-order chi connectivity index (χ0) is 12.4. The molecule has 1 amide bonds. The van der Waals surface area contributed by atoms with Gasteiger partial charge >= 0.3 is 0 Å². The molecule has 0 radical (unpaired) electrons. The summed E-state index contributed by atoms with van der Waals surface area (Å²) in [7, 11) is 1.78. The van der Waals surface area contributed by atoms with Crippen molar-refractivity contribution in [2.24, 2.45) is 7.05 Å². The summed E-state index contributed by atoms with van der Waals surface area (Å²) in [6, 6.07) is 0. The monoisotopic (exact) mass is 234 g/mol. The van der Waals surface area contributed by atoms with Crippen LogP contribution >= 0.6 is 0 Å². The number of hydrogen-bond acceptors (Lipinski definition) is 4. The number of anilines is 1. The molecule has 0 saturated heterocycles. The summed E-state index contributed by atoms with van der Waals surface area (Å²) in [4.78, 5) is 16.0. The van der Waals surface area contributed by atoms with Gasteiger partial charge in [-0.3, -0.25) is 19.9 Å². The summed E-state index contributed by atoms with van der Waals surface area (Å²) in [5, 5.41) is 13.3. The van der Waals surface area contributed by atoms with Crippen molar-refractivity contribution >= 4 is 11.9 Å². The average molecular weight is 234 g/mol. The van der Waals surface area contributed by atoms with Crippen LogP contribution in [0, 0.1) is 6.92 Å². The Kier molecular flexibility index (Phi) is 2.90. The molecule has 2 heterocycles. The molecule has 17 heavy (non-hydrogen) atoms. The van der Waals surface area contributed by atoms with Gasteiger partial charge in [-0.1, -0.05) is 6.92 Å². The minimum absolute atomic E-state index is 0.242. The van der Waals surface area contributed by atoms with E-state index < -0.39 is 0 Å². The van der Waals surface area contributed by atoms with E-state index in [1.165, 1.54) is 0 Å². The zero-order valence-electron chi connectivity index (χ0n) is 9.98. The second kappa shape index (κ2) is 4.36. The van der Waals surface area contributed by atoms with Gasteiger partial charge in [-0.15, -0.1) is 5.10 Å². The zero-order valence-corrected chi connectivity index (χ0v) is 9.98. The molecule has 0 aromatic carbocycles. The third-order valence-corrected chi connectivity index (χ3v) is 2.31. The molecule has 0 saturated carbocycles. The van der Waals surface area contributed by atoms with Crippen LogP contribution in [0.4, 0.5) is 5.95 Å². The molecular formula is C10H14N6O. The number of rotatable bonds is 3. The summed E-state index contributed by atoms with van der Waals surface area (Å²) in [6.07, 6.45) is 2.39. The molecule has 2 aromatic rings. The van der Waals surface area contributed by atoms with Gasteiger partial charge in [0.1, 0.15) is 5.82 Å². The fourth-order valence-corrected chi connectivity index (χ4v) is 1.55. The predicted octanol–water partition coefficient (Wildman–Crippen LogP) is 0.661. The molecule has 0 atom stereocenters. The SMILES string of the molecule is CCc1nn(C)cc1C(=O)Nc1n[nH]c(C)n1. The van der Waals surface area contributed by atoms with E-state index in [1.54, 1.807) is 24.9 Å². The van der Waals surface area contributed by atoms with Crippen molar-refractivity contribution < 1.29 is 4.79 Å². The number of aryl methyl sites for hydroxylation is 3. The molecule has 0 bridgehead atoms. The van der Waals surface area contributed by atoms with Gasteiger partial charge in [-0.2, -0.15) is 10.1 Å². The van der Waals surface area contributed by atoms with Crippen LogP contribution in [0.2, 0.25) is 0 Å². The largest absolute Gasteiger partial charge is 0.289 e. The Labute approximate surface area is 98.2 Å². The molecule has 2 rings (SSSR count). The molecule has 0 aliphatic carbocycles. The van der Waals surface area contributed by atoms with E-state index in [4.69, 9.17) is 0 Å². The smallest absolute Gasteiger partial charge is 0.261 e. The Balaban J connectivity index is 2.19. The first-order valence-electron chi connectivity index (χ1n) is 5.33. The maximum absolute atomic E-state index is 12.0. The van der Waals surface area contributed by atoms with Crippen molar-refractivity contribution in [3.8, 4) is 0 Å². The van der Waals surface area contributed by atoms with Gasteiger partial charge in [0, 0.05) is 13.2 Å². The Hall–Kier alpha value is -2.18. The highest BCUT2D eigenvalue weighted by Crippen LogP contribution is 2.09. The summed E-state index contributed by atoms with van der Waals surface area (Å²) in [6.45, 7) is 3.72. The molecule has 2 N–H and O–H groups in total. The van der Waals surface area contributed by atoms with Gasteiger partial charge in [0.25, 0.3) is 5.91 Å². The van der Waals surface area contributed by atoms with E-state index in [9.17, 15) is 4.79 Å². The molecule has 0 aliphatic rings. The van der Waals surface area contributed by atoms with E-state index in [2.05, 4.69) is 25.6 Å². The van der Waals surface area contributed by atoms with Gasteiger partial charge in [0.15, 0.2) is 0 Å². The van der Waals surface area contributed by atoms with Crippen LogP contribution in [-0.4, -0.2) is 30.9 Å². The Morgan fingerprint density at radius 3 is 2.94 bits per heavy atom. The van der Waals surface area contributed by atoms with Gasteiger partial charge < -0.3 is 0 Å². The van der Waals surface area contributed by atoms with E-state index in [0.717, 1.165) is 5.69 Å². The van der Waals surface area contributed by atoms with Crippen LogP contribution in [0.3, 0.4) is 0 Å². The quantitative estimate of drug-likeness (QED) is 0.816. The first-order chi connectivity index (χ1) is 8.10. The van der Waals surface area contributed by atoms with E-state index in [1.807, 2.05) is 6.92 Å². The Bertz CT molecular complexity index is 541. The second-order valence-corrected chi connectivity index (χ2v) is 3.72. The van der Waals surface area contributed by atoms with Gasteiger partial charge in [0.05, 0.1) is 11.3 Å². The lowest BCUT2D eigenvalue weighted by Gasteiger charge is -1.99. The fraction of sp³-hybridized carbons (Fsp3) is 0.400. The number of aromatic amines is 1. The fourth-order valence-electron chi connectivity index (χ4n) is 1.55. The van der Waals surface area contributed by atoms with Crippen LogP contribution in [0.15, 0.2) is 6.20 Å². The number of amides is 1. The molecule has 0 aliphatic heterocycles. The van der Waals surface area contributed by atoms with Crippen molar-refractivity contribution in [2.45, 2.75) is 20.3 Å². The molecule has 0 fully saturated rings. The van der Waals surface area contributed by atoms with Gasteiger partial charge in [-0.05, 0) is 13.3 Å². The molecule has 2 aromatic heterocycles. The van der Waals surface area contributed by atoms with Gasteiger partial charge in [0.2, 0.25) is 5.95 Å². The number of hydrogen-bond donors (Lipinski definition) is 2. The number of carbonyl (C=O) groups is 1. The van der Waals surface area contributed by atoms with Crippen molar-refractivity contribution in [3.05, 3.63) is 23.3 Å². The normalized spacial score (nSPS) is 10.5. The molecule has 0 spiro atoms. The molecule has 7 nitrogen and oxygen atoms in total. The Morgan fingerprint density at radius 1 is 1.59 bits per heavy atom. The van der Waals surface area contributed by atoms with Crippen molar-refractivity contribution in [2.75, 3.05) is 5.32 Å². The first-order valence-corrected chi connectivity index (χ1v) is 5.33. The third kappa shape index (κ3) is 2.32. The predicted molar refractivity (Wildman–Crippen MR) is 61.7 cm³/mol. The molecule has 90 valence electrons.